The summed E-state index contributed by atoms with van der Waals surface area (Å²) < 4.78 is 5.58. The van der Waals surface area contributed by atoms with Crippen LogP contribution in [0.2, 0.25) is 0 Å². The highest BCUT2D eigenvalue weighted by Crippen LogP contribution is 2.28. The van der Waals surface area contributed by atoms with Crippen molar-refractivity contribution in [3.63, 3.8) is 0 Å². The second kappa shape index (κ2) is 6.68. The van der Waals surface area contributed by atoms with Crippen LogP contribution in [0.3, 0.4) is 0 Å². The summed E-state index contributed by atoms with van der Waals surface area (Å²) in [5.74, 6) is 0.134. The van der Waals surface area contributed by atoms with Crippen LogP contribution in [-0.4, -0.2) is 16.6 Å². The first-order chi connectivity index (χ1) is 10.2. The van der Waals surface area contributed by atoms with Gasteiger partial charge in [0.2, 0.25) is 5.95 Å². The third-order valence-electron chi connectivity index (χ3n) is 2.94. The first-order valence-corrected chi connectivity index (χ1v) is 6.66. The van der Waals surface area contributed by atoms with E-state index in [1.54, 1.807) is 0 Å². The predicted octanol–water partition coefficient (Wildman–Crippen LogP) is 2.11. The summed E-state index contributed by atoms with van der Waals surface area (Å²) in [5.41, 5.74) is 13.8. The van der Waals surface area contributed by atoms with E-state index < -0.39 is 0 Å². The van der Waals surface area contributed by atoms with Gasteiger partial charge in [-0.05, 0) is 12.0 Å². The monoisotopic (exact) mass is 283 g/mol. The van der Waals surface area contributed by atoms with Gasteiger partial charge in [0.25, 0.3) is 0 Å². The van der Waals surface area contributed by atoms with Crippen molar-refractivity contribution in [2.75, 3.05) is 18.1 Å². The van der Waals surface area contributed by atoms with Gasteiger partial charge in [-0.3, -0.25) is 0 Å². The molecule has 1 aromatic heterocycles. The first-order valence-electron chi connectivity index (χ1n) is 6.66. The van der Waals surface area contributed by atoms with Gasteiger partial charge >= 0.3 is 0 Å². The lowest BCUT2D eigenvalue weighted by Gasteiger charge is -2.12. The van der Waals surface area contributed by atoms with E-state index in [-0.39, 0.29) is 17.3 Å². The Morgan fingerprint density at radius 2 is 2.00 bits per heavy atom. The van der Waals surface area contributed by atoms with E-state index in [4.69, 9.17) is 16.2 Å². The molecule has 1 aromatic carbocycles. The number of nitrogen functional groups attached to an aromatic ring is 2. The van der Waals surface area contributed by atoms with E-state index in [0.717, 1.165) is 17.5 Å². The smallest absolute Gasteiger partial charge is 0.222 e. The van der Waals surface area contributed by atoms with Gasteiger partial charge in [0.05, 0.1) is 12.3 Å². The minimum atomic E-state index is 0.0470. The summed E-state index contributed by atoms with van der Waals surface area (Å²) in [6.07, 6.45) is 0.943. The van der Waals surface area contributed by atoms with E-state index >= 15 is 0 Å². The molecule has 0 saturated heterocycles. The highest BCUT2D eigenvalue weighted by molar-refractivity contribution is 5.75. The van der Waals surface area contributed by atoms with Crippen molar-refractivity contribution in [2.24, 2.45) is 0 Å². The molecule has 0 unspecified atom stereocenters. The van der Waals surface area contributed by atoms with E-state index in [1.165, 1.54) is 0 Å². The lowest BCUT2D eigenvalue weighted by molar-refractivity contribution is 0.122. The molecule has 21 heavy (non-hydrogen) atoms. The van der Waals surface area contributed by atoms with E-state index in [2.05, 4.69) is 9.97 Å². The lowest BCUT2D eigenvalue weighted by Crippen LogP contribution is -2.06. The Kier molecular flexibility index (Phi) is 4.69. The van der Waals surface area contributed by atoms with Gasteiger partial charge in [0, 0.05) is 12.2 Å². The van der Waals surface area contributed by atoms with Crippen LogP contribution in [0.1, 0.15) is 24.5 Å². The van der Waals surface area contributed by atoms with Gasteiger partial charge in [0.15, 0.2) is 0 Å². The van der Waals surface area contributed by atoms with Crippen LogP contribution in [0.4, 0.5) is 11.8 Å². The maximum absolute atomic E-state index is 9.27. The molecule has 108 valence electrons. The van der Waals surface area contributed by atoms with Gasteiger partial charge in [-0.25, -0.2) is 4.98 Å². The lowest BCUT2D eigenvalue weighted by atomic mass is 10.0. The number of nitrogens with zero attached hydrogens (tertiary/aromatic N) is 3. The summed E-state index contributed by atoms with van der Waals surface area (Å²) in [7, 11) is 0. The summed E-state index contributed by atoms with van der Waals surface area (Å²) >= 11 is 0. The average Bonchev–Trinajstić information content (AvgIpc) is 2.47. The zero-order valence-corrected chi connectivity index (χ0v) is 11.8. The maximum Gasteiger partial charge on any atom is 0.222 e. The van der Waals surface area contributed by atoms with Gasteiger partial charge in [-0.15, -0.1) is 0 Å². The van der Waals surface area contributed by atoms with Gasteiger partial charge in [-0.2, -0.15) is 10.2 Å². The zero-order valence-electron chi connectivity index (χ0n) is 11.8. The number of rotatable bonds is 5. The molecule has 0 radical (unpaired) electrons. The molecule has 0 aliphatic heterocycles. The largest absolute Gasteiger partial charge is 0.382 e. The third kappa shape index (κ3) is 3.27. The fourth-order valence-electron chi connectivity index (χ4n) is 2.00. The molecule has 1 heterocycles. The van der Waals surface area contributed by atoms with Crippen LogP contribution in [0.15, 0.2) is 24.3 Å². The van der Waals surface area contributed by atoms with Crippen molar-refractivity contribution in [2.45, 2.75) is 20.0 Å². The third-order valence-corrected chi connectivity index (χ3v) is 2.94. The molecule has 0 spiro atoms. The number of hydrogen-bond donors (Lipinski definition) is 2. The molecule has 6 heteroatoms. The number of aromatic nitrogens is 2. The van der Waals surface area contributed by atoms with Crippen LogP contribution in [-0.2, 0) is 11.3 Å². The topological polar surface area (TPSA) is 111 Å². The van der Waals surface area contributed by atoms with Crippen LogP contribution in [0.25, 0.3) is 11.3 Å². The number of anilines is 2. The standard InChI is InChI=1S/C15H17N5O/c1-2-7-21-9-10-5-3-4-6-11(10)13-12(8-16)14(17)20-15(18)19-13/h3-6H,2,7,9H2,1H3,(H4,17,18,19,20). The Morgan fingerprint density at radius 3 is 2.71 bits per heavy atom. The van der Waals surface area contributed by atoms with Crippen molar-refractivity contribution in [3.05, 3.63) is 35.4 Å². The first kappa shape index (κ1) is 14.8. The molecular formula is C15H17N5O. The predicted molar refractivity (Wildman–Crippen MR) is 81.0 cm³/mol. The number of hydrogen-bond acceptors (Lipinski definition) is 6. The Balaban J connectivity index is 2.50. The minimum Gasteiger partial charge on any atom is -0.382 e. The molecule has 0 aliphatic carbocycles. The van der Waals surface area contributed by atoms with Crippen LogP contribution >= 0.6 is 0 Å². The summed E-state index contributed by atoms with van der Waals surface area (Å²) in [6.45, 7) is 3.16. The van der Waals surface area contributed by atoms with Crippen LogP contribution in [0, 0.1) is 11.3 Å². The van der Waals surface area contributed by atoms with Gasteiger partial charge in [-0.1, -0.05) is 31.2 Å². The molecule has 2 aromatic rings. The molecule has 0 saturated carbocycles. The number of nitriles is 1. The van der Waals surface area contributed by atoms with Crippen LogP contribution < -0.4 is 11.5 Å². The molecule has 4 N–H and O–H groups in total. The second-order valence-corrected chi connectivity index (χ2v) is 4.51. The Hall–Kier alpha value is -2.65. The summed E-state index contributed by atoms with van der Waals surface area (Å²) in [5, 5.41) is 9.27. The fraction of sp³-hybridized carbons (Fsp3) is 0.267. The molecule has 0 atom stereocenters. The highest BCUT2D eigenvalue weighted by atomic mass is 16.5. The summed E-state index contributed by atoms with van der Waals surface area (Å²) in [6, 6.07) is 9.62. The molecule has 0 fully saturated rings. The fourth-order valence-corrected chi connectivity index (χ4v) is 2.00. The van der Waals surface area contributed by atoms with Crippen molar-refractivity contribution >= 4 is 11.8 Å². The van der Waals surface area contributed by atoms with Crippen molar-refractivity contribution < 1.29 is 4.74 Å². The van der Waals surface area contributed by atoms with E-state index in [1.807, 2.05) is 37.3 Å². The van der Waals surface area contributed by atoms with Gasteiger partial charge < -0.3 is 16.2 Å². The molecule has 2 rings (SSSR count). The molecule has 0 bridgehead atoms. The highest BCUT2D eigenvalue weighted by Gasteiger charge is 2.15. The van der Waals surface area contributed by atoms with Crippen molar-refractivity contribution in [1.29, 1.82) is 5.26 Å². The van der Waals surface area contributed by atoms with Crippen molar-refractivity contribution in [3.8, 4) is 17.3 Å². The van der Waals surface area contributed by atoms with Crippen LogP contribution in [0.5, 0.6) is 0 Å². The summed E-state index contributed by atoms with van der Waals surface area (Å²) in [4.78, 5) is 8.00. The van der Waals surface area contributed by atoms with Crippen molar-refractivity contribution in [1.82, 2.24) is 9.97 Å². The molecular weight excluding hydrogens is 266 g/mol. The van der Waals surface area contributed by atoms with Gasteiger partial charge in [0.1, 0.15) is 17.5 Å². The molecule has 6 nitrogen and oxygen atoms in total. The second-order valence-electron chi connectivity index (χ2n) is 4.51. The quantitative estimate of drug-likeness (QED) is 0.813. The molecule has 0 amide bonds. The molecule has 0 aliphatic rings. The normalized spacial score (nSPS) is 10.3. The number of ether oxygens (including phenoxy) is 1. The maximum atomic E-state index is 9.27. The Bertz CT molecular complexity index is 678. The van der Waals surface area contributed by atoms with E-state index in [9.17, 15) is 5.26 Å². The Labute approximate surface area is 123 Å². The SMILES string of the molecule is CCCOCc1ccccc1-c1nc(N)nc(N)c1C#N. The number of benzene rings is 1. The number of nitrogens with two attached hydrogens (primary N) is 2. The van der Waals surface area contributed by atoms with E-state index in [0.29, 0.717) is 18.9 Å². The average molecular weight is 283 g/mol. The Morgan fingerprint density at radius 1 is 1.24 bits per heavy atom. The zero-order chi connectivity index (χ0) is 15.2. The minimum absolute atomic E-state index is 0.0470.